The van der Waals surface area contributed by atoms with Gasteiger partial charge in [-0.1, -0.05) is 36.4 Å². The van der Waals surface area contributed by atoms with E-state index < -0.39 is 0 Å². The second-order valence-corrected chi connectivity index (χ2v) is 6.83. The number of benzene rings is 3. The molecule has 0 aliphatic carbocycles. The van der Waals surface area contributed by atoms with Crippen LogP contribution in [-0.2, 0) is 0 Å². The van der Waals surface area contributed by atoms with Gasteiger partial charge in [-0.05, 0) is 49.2 Å². The zero-order valence-electron chi connectivity index (χ0n) is 15.1. The molecule has 0 spiro atoms. The molecule has 0 fully saturated rings. The first-order valence-corrected chi connectivity index (χ1v) is 9.07. The molecular weight excluding hydrogens is 334 g/mol. The van der Waals surface area contributed by atoms with Gasteiger partial charge in [-0.25, -0.2) is 0 Å². The van der Waals surface area contributed by atoms with Gasteiger partial charge >= 0.3 is 0 Å². The third-order valence-electron chi connectivity index (χ3n) is 5.12. The van der Waals surface area contributed by atoms with E-state index in [4.69, 9.17) is 10.00 Å². The van der Waals surface area contributed by atoms with Gasteiger partial charge in [0.05, 0.1) is 11.6 Å². The van der Waals surface area contributed by atoms with E-state index in [0.29, 0.717) is 17.5 Å². The predicted molar refractivity (Wildman–Crippen MR) is 104 cm³/mol. The van der Waals surface area contributed by atoms with Gasteiger partial charge in [0.1, 0.15) is 11.5 Å². The number of carbonyl (C=O) groups excluding carboxylic acids is 1. The van der Waals surface area contributed by atoms with E-state index in [2.05, 4.69) is 18.2 Å². The minimum atomic E-state index is 0.110. The minimum Gasteiger partial charge on any atom is -0.457 e. The number of ether oxygens (including phenoxy) is 1. The molecule has 0 saturated heterocycles. The molecule has 1 aliphatic heterocycles. The van der Waals surface area contributed by atoms with Gasteiger partial charge in [-0.2, -0.15) is 5.26 Å². The van der Waals surface area contributed by atoms with Crippen molar-refractivity contribution in [3.63, 3.8) is 0 Å². The van der Waals surface area contributed by atoms with Gasteiger partial charge in [-0.3, -0.25) is 4.79 Å². The second kappa shape index (κ2) is 7.09. The van der Waals surface area contributed by atoms with Crippen molar-refractivity contribution in [2.45, 2.75) is 25.7 Å². The summed E-state index contributed by atoms with van der Waals surface area (Å²) in [6, 6.07) is 23.4. The third kappa shape index (κ3) is 3.22. The minimum absolute atomic E-state index is 0.110. The van der Waals surface area contributed by atoms with E-state index >= 15 is 0 Å². The number of para-hydroxylation sites is 2. The van der Waals surface area contributed by atoms with E-state index in [1.54, 1.807) is 18.2 Å². The number of fused-ring (bicyclic) bond motifs is 2. The van der Waals surface area contributed by atoms with Crippen LogP contribution in [0.5, 0.6) is 11.5 Å². The van der Waals surface area contributed by atoms with E-state index in [-0.39, 0.29) is 11.7 Å². The summed E-state index contributed by atoms with van der Waals surface area (Å²) in [7, 11) is 0. The number of nitrogens with zero attached hydrogens (tertiary/aromatic N) is 1. The Labute approximate surface area is 158 Å². The molecule has 0 atom stereocenters. The Balaban J connectivity index is 1.60. The van der Waals surface area contributed by atoms with Crippen LogP contribution in [0.25, 0.3) is 0 Å². The highest BCUT2D eigenvalue weighted by atomic mass is 16.5. The topological polar surface area (TPSA) is 50.1 Å². The van der Waals surface area contributed by atoms with Crippen LogP contribution in [0.1, 0.15) is 51.4 Å². The summed E-state index contributed by atoms with van der Waals surface area (Å²) in [5.74, 6) is 1.97. The Hall–Kier alpha value is -3.38. The van der Waals surface area contributed by atoms with Crippen molar-refractivity contribution in [3.8, 4) is 17.6 Å². The van der Waals surface area contributed by atoms with Crippen LogP contribution in [0, 0.1) is 18.3 Å². The van der Waals surface area contributed by atoms with Crippen molar-refractivity contribution in [3.05, 3.63) is 94.5 Å². The Morgan fingerprint density at radius 1 is 1.00 bits per heavy atom. The average Bonchev–Trinajstić information content (AvgIpc) is 2.70. The van der Waals surface area contributed by atoms with Crippen molar-refractivity contribution in [1.82, 2.24) is 0 Å². The molecule has 0 unspecified atom stereocenters. The van der Waals surface area contributed by atoms with Crippen LogP contribution in [0.2, 0.25) is 0 Å². The molecule has 4 rings (SSSR count). The predicted octanol–water partition coefficient (Wildman–Crippen LogP) is 5.77. The van der Waals surface area contributed by atoms with Crippen LogP contribution >= 0.6 is 0 Å². The lowest BCUT2D eigenvalue weighted by Gasteiger charge is -2.28. The summed E-state index contributed by atoms with van der Waals surface area (Å²) >= 11 is 0. The first-order chi connectivity index (χ1) is 13.2. The average molecular weight is 353 g/mol. The van der Waals surface area contributed by atoms with Crippen LogP contribution in [-0.4, -0.2) is 5.78 Å². The van der Waals surface area contributed by atoms with Crippen molar-refractivity contribution >= 4 is 5.78 Å². The van der Waals surface area contributed by atoms with Gasteiger partial charge in [0.25, 0.3) is 0 Å². The van der Waals surface area contributed by atoms with E-state index in [9.17, 15) is 4.79 Å². The van der Waals surface area contributed by atoms with Gasteiger partial charge in [0, 0.05) is 29.0 Å². The Morgan fingerprint density at radius 2 is 1.63 bits per heavy atom. The van der Waals surface area contributed by atoms with E-state index in [1.165, 1.54) is 0 Å². The molecule has 3 nitrogen and oxygen atoms in total. The highest BCUT2D eigenvalue weighted by Crippen LogP contribution is 2.45. The molecule has 132 valence electrons. The van der Waals surface area contributed by atoms with Crippen molar-refractivity contribution in [2.75, 3.05) is 0 Å². The maximum Gasteiger partial charge on any atom is 0.163 e. The van der Waals surface area contributed by atoms with Crippen LogP contribution < -0.4 is 4.74 Å². The zero-order valence-corrected chi connectivity index (χ0v) is 15.1. The second-order valence-electron chi connectivity index (χ2n) is 6.83. The van der Waals surface area contributed by atoms with Crippen molar-refractivity contribution < 1.29 is 9.53 Å². The lowest BCUT2D eigenvalue weighted by Crippen LogP contribution is -2.12. The quantitative estimate of drug-likeness (QED) is 0.560. The van der Waals surface area contributed by atoms with Crippen LogP contribution in [0.3, 0.4) is 0 Å². The Morgan fingerprint density at radius 3 is 2.22 bits per heavy atom. The molecule has 3 heteroatoms. The normalized spacial score (nSPS) is 12.4. The van der Waals surface area contributed by atoms with Crippen molar-refractivity contribution in [1.29, 1.82) is 5.26 Å². The molecule has 0 amide bonds. The maximum absolute atomic E-state index is 12.8. The largest absolute Gasteiger partial charge is 0.457 e. The first-order valence-electron chi connectivity index (χ1n) is 9.07. The molecule has 0 saturated carbocycles. The smallest absolute Gasteiger partial charge is 0.163 e. The highest BCUT2D eigenvalue weighted by molar-refractivity contribution is 5.97. The van der Waals surface area contributed by atoms with Gasteiger partial charge < -0.3 is 4.74 Å². The van der Waals surface area contributed by atoms with E-state index in [1.807, 2.05) is 43.3 Å². The molecule has 3 aromatic rings. The highest BCUT2D eigenvalue weighted by Gasteiger charge is 2.27. The van der Waals surface area contributed by atoms with Crippen LogP contribution in [0.4, 0.5) is 0 Å². The summed E-state index contributed by atoms with van der Waals surface area (Å²) in [6.45, 7) is 1.88. The molecule has 1 heterocycles. The van der Waals surface area contributed by atoms with E-state index in [0.717, 1.165) is 34.6 Å². The summed E-state index contributed by atoms with van der Waals surface area (Å²) in [4.78, 5) is 12.8. The summed E-state index contributed by atoms with van der Waals surface area (Å²) < 4.78 is 6.03. The molecule has 3 aromatic carbocycles. The number of carbonyl (C=O) groups is 1. The number of nitriles is 1. The number of hydrogen-bond donors (Lipinski definition) is 0. The Kier molecular flexibility index (Phi) is 4.48. The Bertz CT molecular complexity index is 1020. The standard InChI is InChI=1S/C24H19NO2/c1-16-14-17(15-25)10-11-18(16)22(26)13-12-19-20-6-2-4-8-23(20)27-24-9-5-3-7-21(19)24/h2-11,14,19H,12-13H2,1H3. The monoisotopic (exact) mass is 353 g/mol. The van der Waals surface area contributed by atoms with Gasteiger partial charge in [0.2, 0.25) is 0 Å². The first kappa shape index (κ1) is 17.1. The fourth-order valence-corrected chi connectivity index (χ4v) is 3.78. The van der Waals surface area contributed by atoms with Gasteiger partial charge in [-0.15, -0.1) is 0 Å². The molecule has 1 aliphatic rings. The number of hydrogen-bond acceptors (Lipinski definition) is 3. The maximum atomic E-state index is 12.8. The molecule has 0 N–H and O–H groups in total. The fourth-order valence-electron chi connectivity index (χ4n) is 3.78. The number of ketones is 1. The molecule has 27 heavy (non-hydrogen) atoms. The summed E-state index contributed by atoms with van der Waals surface area (Å²) in [5.41, 5.74) is 4.38. The molecular formula is C24H19NO2. The number of Topliss-reactive ketones (excluding diaryl/α,β-unsaturated/α-hetero) is 1. The fraction of sp³-hybridized carbons (Fsp3) is 0.167. The van der Waals surface area contributed by atoms with Crippen molar-refractivity contribution in [2.24, 2.45) is 0 Å². The third-order valence-corrected chi connectivity index (χ3v) is 5.12. The lowest BCUT2D eigenvalue weighted by atomic mass is 9.83. The number of rotatable bonds is 4. The molecule has 0 bridgehead atoms. The zero-order chi connectivity index (χ0) is 18.8. The number of aryl methyl sites for hydroxylation is 1. The molecule has 0 radical (unpaired) electrons. The van der Waals surface area contributed by atoms with Gasteiger partial charge in [0.15, 0.2) is 5.78 Å². The van der Waals surface area contributed by atoms with Crippen LogP contribution in [0.15, 0.2) is 66.7 Å². The molecule has 0 aromatic heterocycles. The lowest BCUT2D eigenvalue weighted by molar-refractivity contribution is 0.0977. The summed E-state index contributed by atoms with van der Waals surface area (Å²) in [5, 5.41) is 9.00. The summed E-state index contributed by atoms with van der Waals surface area (Å²) in [6.07, 6.45) is 1.16. The SMILES string of the molecule is Cc1cc(C#N)ccc1C(=O)CCC1c2ccccc2Oc2ccccc21.